The standard InChI is InChI=1S/C13H24N2O2/c1-15(13(16)11-6-9-17-10-11)8-5-12-4-2-3-7-14-12/h11-12,14H,2-10H2,1H3. The van der Waals surface area contributed by atoms with Crippen molar-refractivity contribution in [2.45, 2.75) is 38.1 Å². The summed E-state index contributed by atoms with van der Waals surface area (Å²) >= 11 is 0. The molecule has 2 unspecified atom stereocenters. The molecule has 0 saturated carbocycles. The fourth-order valence-corrected chi connectivity index (χ4v) is 2.67. The molecule has 0 aromatic heterocycles. The van der Waals surface area contributed by atoms with Crippen molar-refractivity contribution in [3.05, 3.63) is 0 Å². The lowest BCUT2D eigenvalue weighted by Crippen LogP contribution is -2.39. The molecule has 0 aliphatic carbocycles. The maximum absolute atomic E-state index is 12.0. The Morgan fingerprint density at radius 3 is 2.94 bits per heavy atom. The van der Waals surface area contributed by atoms with Gasteiger partial charge in [0.05, 0.1) is 12.5 Å². The van der Waals surface area contributed by atoms with Crippen LogP contribution in [-0.2, 0) is 9.53 Å². The van der Waals surface area contributed by atoms with Gasteiger partial charge in [-0.15, -0.1) is 0 Å². The molecule has 0 spiro atoms. The third-order valence-electron chi connectivity index (χ3n) is 3.88. The van der Waals surface area contributed by atoms with Gasteiger partial charge in [-0.3, -0.25) is 4.79 Å². The van der Waals surface area contributed by atoms with E-state index in [2.05, 4.69) is 5.32 Å². The van der Waals surface area contributed by atoms with Gasteiger partial charge in [0.1, 0.15) is 0 Å². The third-order valence-corrected chi connectivity index (χ3v) is 3.88. The van der Waals surface area contributed by atoms with E-state index in [4.69, 9.17) is 4.74 Å². The summed E-state index contributed by atoms with van der Waals surface area (Å²) in [5, 5.41) is 3.52. The first-order chi connectivity index (χ1) is 8.27. The van der Waals surface area contributed by atoms with E-state index in [-0.39, 0.29) is 11.8 Å². The average Bonchev–Trinajstić information content (AvgIpc) is 2.90. The Morgan fingerprint density at radius 2 is 2.29 bits per heavy atom. The molecule has 1 N–H and O–H groups in total. The minimum atomic E-state index is 0.110. The Kier molecular flexibility index (Phi) is 4.80. The van der Waals surface area contributed by atoms with Crippen LogP contribution in [0.4, 0.5) is 0 Å². The van der Waals surface area contributed by atoms with E-state index in [0.717, 1.165) is 32.5 Å². The van der Waals surface area contributed by atoms with E-state index in [1.54, 1.807) is 0 Å². The maximum Gasteiger partial charge on any atom is 0.227 e. The first-order valence-electron chi connectivity index (χ1n) is 6.83. The predicted octanol–water partition coefficient (Wildman–Crippen LogP) is 1.01. The number of rotatable bonds is 4. The van der Waals surface area contributed by atoms with Crippen molar-refractivity contribution in [2.75, 3.05) is 33.4 Å². The monoisotopic (exact) mass is 240 g/mol. The number of nitrogens with zero attached hydrogens (tertiary/aromatic N) is 1. The smallest absolute Gasteiger partial charge is 0.227 e. The highest BCUT2D eigenvalue weighted by Gasteiger charge is 2.26. The normalized spacial score (nSPS) is 29.2. The summed E-state index contributed by atoms with van der Waals surface area (Å²) < 4.78 is 5.26. The van der Waals surface area contributed by atoms with Crippen LogP contribution in [0.5, 0.6) is 0 Å². The Morgan fingerprint density at radius 1 is 1.41 bits per heavy atom. The van der Waals surface area contributed by atoms with Crippen LogP contribution in [0.1, 0.15) is 32.1 Å². The number of amides is 1. The van der Waals surface area contributed by atoms with Crippen molar-refractivity contribution in [2.24, 2.45) is 5.92 Å². The molecule has 0 aromatic rings. The second-order valence-electron chi connectivity index (χ2n) is 5.26. The van der Waals surface area contributed by atoms with Crippen molar-refractivity contribution in [1.29, 1.82) is 0 Å². The lowest BCUT2D eigenvalue weighted by molar-refractivity contribution is -0.134. The summed E-state index contributed by atoms with van der Waals surface area (Å²) in [5.74, 6) is 0.373. The van der Waals surface area contributed by atoms with Crippen molar-refractivity contribution in [3.8, 4) is 0 Å². The molecule has 2 saturated heterocycles. The fourth-order valence-electron chi connectivity index (χ4n) is 2.67. The van der Waals surface area contributed by atoms with Crippen LogP contribution in [0.15, 0.2) is 0 Å². The minimum absolute atomic E-state index is 0.110. The minimum Gasteiger partial charge on any atom is -0.381 e. The van der Waals surface area contributed by atoms with Gasteiger partial charge in [-0.25, -0.2) is 0 Å². The molecule has 2 aliphatic rings. The van der Waals surface area contributed by atoms with E-state index in [0.29, 0.717) is 12.6 Å². The zero-order chi connectivity index (χ0) is 12.1. The van der Waals surface area contributed by atoms with Gasteiger partial charge in [0.15, 0.2) is 0 Å². The molecule has 0 bridgehead atoms. The molecular formula is C13H24N2O2. The number of piperidine rings is 1. The summed E-state index contributed by atoms with van der Waals surface area (Å²) in [6.45, 7) is 3.37. The van der Waals surface area contributed by atoms with E-state index >= 15 is 0 Å². The predicted molar refractivity (Wildman–Crippen MR) is 66.8 cm³/mol. The SMILES string of the molecule is CN(CCC1CCCCN1)C(=O)C1CCOC1. The Hall–Kier alpha value is -0.610. The Balaban J connectivity index is 1.68. The van der Waals surface area contributed by atoms with Crippen LogP contribution < -0.4 is 5.32 Å². The third kappa shape index (κ3) is 3.68. The molecular weight excluding hydrogens is 216 g/mol. The first-order valence-corrected chi connectivity index (χ1v) is 6.83. The van der Waals surface area contributed by atoms with Gasteiger partial charge >= 0.3 is 0 Å². The van der Waals surface area contributed by atoms with Crippen LogP contribution in [0.3, 0.4) is 0 Å². The molecule has 17 heavy (non-hydrogen) atoms. The van der Waals surface area contributed by atoms with Crippen LogP contribution in [0, 0.1) is 5.92 Å². The lowest BCUT2D eigenvalue weighted by Gasteiger charge is -2.27. The number of hydrogen-bond acceptors (Lipinski definition) is 3. The molecule has 2 atom stereocenters. The number of carbonyl (C=O) groups excluding carboxylic acids is 1. The molecule has 1 amide bonds. The van der Waals surface area contributed by atoms with Gasteiger partial charge in [0.25, 0.3) is 0 Å². The molecule has 98 valence electrons. The molecule has 2 aliphatic heterocycles. The zero-order valence-electron chi connectivity index (χ0n) is 10.8. The van der Waals surface area contributed by atoms with Crippen molar-refractivity contribution < 1.29 is 9.53 Å². The quantitative estimate of drug-likeness (QED) is 0.797. The lowest BCUT2D eigenvalue weighted by atomic mass is 10.0. The maximum atomic E-state index is 12.0. The molecule has 0 aromatic carbocycles. The Bertz CT molecular complexity index is 246. The first kappa shape index (κ1) is 12.8. The molecule has 2 heterocycles. The number of ether oxygens (including phenoxy) is 1. The van der Waals surface area contributed by atoms with E-state index in [1.165, 1.54) is 19.3 Å². The van der Waals surface area contributed by atoms with Crippen LogP contribution in [-0.4, -0.2) is 50.2 Å². The molecule has 2 rings (SSSR count). The van der Waals surface area contributed by atoms with E-state index < -0.39 is 0 Å². The van der Waals surface area contributed by atoms with Crippen molar-refractivity contribution in [3.63, 3.8) is 0 Å². The largest absolute Gasteiger partial charge is 0.381 e. The van der Waals surface area contributed by atoms with Gasteiger partial charge < -0.3 is 15.0 Å². The van der Waals surface area contributed by atoms with Gasteiger partial charge in [-0.05, 0) is 32.2 Å². The molecule has 0 radical (unpaired) electrons. The zero-order valence-corrected chi connectivity index (χ0v) is 10.8. The molecule has 2 fully saturated rings. The van der Waals surface area contributed by atoms with E-state index in [9.17, 15) is 4.79 Å². The highest BCUT2D eigenvalue weighted by atomic mass is 16.5. The Labute approximate surface area is 104 Å². The van der Waals surface area contributed by atoms with Crippen LogP contribution in [0.25, 0.3) is 0 Å². The summed E-state index contributed by atoms with van der Waals surface area (Å²) in [4.78, 5) is 13.9. The van der Waals surface area contributed by atoms with Gasteiger partial charge in [-0.2, -0.15) is 0 Å². The molecule has 4 heteroatoms. The number of carbonyl (C=O) groups is 1. The summed E-state index contributed by atoms with van der Waals surface area (Å²) in [5.41, 5.74) is 0. The van der Waals surface area contributed by atoms with Crippen molar-refractivity contribution >= 4 is 5.91 Å². The summed E-state index contributed by atoms with van der Waals surface area (Å²) in [7, 11) is 1.92. The topological polar surface area (TPSA) is 41.6 Å². The summed E-state index contributed by atoms with van der Waals surface area (Å²) in [6.07, 6.45) is 5.85. The van der Waals surface area contributed by atoms with Gasteiger partial charge in [0, 0.05) is 26.2 Å². The average molecular weight is 240 g/mol. The van der Waals surface area contributed by atoms with E-state index in [1.807, 2.05) is 11.9 Å². The van der Waals surface area contributed by atoms with Gasteiger partial charge in [-0.1, -0.05) is 6.42 Å². The number of hydrogen-bond donors (Lipinski definition) is 1. The second kappa shape index (κ2) is 6.36. The van der Waals surface area contributed by atoms with Crippen LogP contribution in [0.2, 0.25) is 0 Å². The van der Waals surface area contributed by atoms with Crippen LogP contribution >= 0.6 is 0 Å². The fraction of sp³-hybridized carbons (Fsp3) is 0.923. The number of nitrogens with one attached hydrogen (secondary N) is 1. The highest BCUT2D eigenvalue weighted by molar-refractivity contribution is 5.78. The second-order valence-corrected chi connectivity index (χ2v) is 5.26. The van der Waals surface area contributed by atoms with Gasteiger partial charge in [0.2, 0.25) is 5.91 Å². The molecule has 4 nitrogen and oxygen atoms in total. The van der Waals surface area contributed by atoms with Crippen molar-refractivity contribution in [1.82, 2.24) is 10.2 Å². The highest BCUT2D eigenvalue weighted by Crippen LogP contribution is 2.16. The summed E-state index contributed by atoms with van der Waals surface area (Å²) in [6, 6.07) is 0.610.